The van der Waals surface area contributed by atoms with Gasteiger partial charge in [-0.05, 0) is 36.9 Å². The smallest absolute Gasteiger partial charge is 0.271 e. The van der Waals surface area contributed by atoms with Crippen molar-refractivity contribution in [3.05, 3.63) is 40.3 Å². The van der Waals surface area contributed by atoms with Gasteiger partial charge in [0.05, 0.1) is 6.04 Å². The molecule has 3 heterocycles. The van der Waals surface area contributed by atoms with Crippen LogP contribution in [0.15, 0.2) is 29.8 Å². The third-order valence-electron chi connectivity index (χ3n) is 4.37. The molecule has 2 N–H and O–H groups in total. The molecule has 0 spiro atoms. The van der Waals surface area contributed by atoms with Crippen molar-refractivity contribution in [3.8, 4) is 0 Å². The van der Waals surface area contributed by atoms with E-state index in [1.807, 2.05) is 23.0 Å². The lowest BCUT2D eigenvalue weighted by molar-refractivity contribution is 0.0939. The van der Waals surface area contributed by atoms with E-state index < -0.39 is 0 Å². The molecule has 0 aromatic carbocycles. The zero-order chi connectivity index (χ0) is 16.3. The minimum atomic E-state index is -0.0999. The van der Waals surface area contributed by atoms with Gasteiger partial charge in [-0.15, -0.1) is 11.3 Å². The quantitative estimate of drug-likeness (QED) is 0.885. The normalized spacial score (nSPS) is 18.8. The lowest BCUT2D eigenvalue weighted by Crippen LogP contribution is -2.36. The second-order valence-corrected chi connectivity index (χ2v) is 7.67. The lowest BCUT2D eigenvalue weighted by atomic mass is 9.91. The van der Waals surface area contributed by atoms with E-state index in [2.05, 4.69) is 41.0 Å². The molecule has 0 bridgehead atoms. The Hall–Kier alpha value is -1.66. The van der Waals surface area contributed by atoms with Crippen molar-refractivity contribution in [2.45, 2.75) is 38.1 Å². The van der Waals surface area contributed by atoms with Crippen LogP contribution in [0.5, 0.6) is 0 Å². The Morgan fingerprint density at radius 3 is 3.09 bits per heavy atom. The Balaban J connectivity index is 1.59. The highest BCUT2D eigenvalue weighted by molar-refractivity contribution is 7.10. The number of hydrogen-bond acceptors (Lipinski definition) is 4. The first-order valence-corrected chi connectivity index (χ1v) is 9.02. The summed E-state index contributed by atoms with van der Waals surface area (Å²) < 4.78 is 1.92. The Labute approximate surface area is 141 Å². The zero-order valence-corrected chi connectivity index (χ0v) is 14.5. The molecular formula is C17H24N4OS. The van der Waals surface area contributed by atoms with Crippen LogP contribution < -0.4 is 10.6 Å². The van der Waals surface area contributed by atoms with Gasteiger partial charge in [0.2, 0.25) is 0 Å². The summed E-state index contributed by atoms with van der Waals surface area (Å²) in [6.07, 6.45) is 4.18. The molecule has 1 atom stereocenters. The number of carbonyl (C=O) groups excluding carboxylic acids is 1. The molecule has 124 valence electrons. The number of piperidine rings is 1. The number of hydrogen-bond donors (Lipinski definition) is 2. The van der Waals surface area contributed by atoms with E-state index in [9.17, 15) is 4.79 Å². The standard InChI is InChI=1S/C17H24N4OS/c1-17(2,15-6-4-10-23-15)12-19-16(22)14-7-9-21(20-14)13-5-3-8-18-11-13/h4,6-7,9-10,13,18H,3,5,8,11-12H2,1-2H3,(H,19,22). The van der Waals surface area contributed by atoms with Crippen LogP contribution in [0.4, 0.5) is 0 Å². The second kappa shape index (κ2) is 6.84. The van der Waals surface area contributed by atoms with Crippen LogP contribution >= 0.6 is 11.3 Å². The molecule has 0 radical (unpaired) electrons. The number of rotatable bonds is 5. The van der Waals surface area contributed by atoms with Crippen LogP contribution in [0.25, 0.3) is 0 Å². The summed E-state index contributed by atoms with van der Waals surface area (Å²) in [5.41, 5.74) is 0.428. The lowest BCUT2D eigenvalue weighted by Gasteiger charge is -2.23. The number of amides is 1. The van der Waals surface area contributed by atoms with Crippen LogP contribution in [-0.2, 0) is 5.41 Å². The fraction of sp³-hybridized carbons (Fsp3) is 0.529. The van der Waals surface area contributed by atoms with Crippen LogP contribution in [0, 0.1) is 0 Å². The highest BCUT2D eigenvalue weighted by Crippen LogP contribution is 2.26. The van der Waals surface area contributed by atoms with Crippen LogP contribution in [-0.4, -0.2) is 35.3 Å². The van der Waals surface area contributed by atoms with Gasteiger partial charge in [0, 0.05) is 29.6 Å². The van der Waals surface area contributed by atoms with Crippen molar-refractivity contribution in [2.24, 2.45) is 0 Å². The third kappa shape index (κ3) is 3.82. The molecule has 1 amide bonds. The zero-order valence-electron chi connectivity index (χ0n) is 13.7. The second-order valence-electron chi connectivity index (χ2n) is 6.73. The minimum Gasteiger partial charge on any atom is -0.350 e. The number of thiophene rings is 1. The van der Waals surface area contributed by atoms with E-state index in [0.29, 0.717) is 18.3 Å². The maximum absolute atomic E-state index is 12.4. The predicted octanol–water partition coefficient (Wildman–Crippen LogP) is 2.58. The summed E-state index contributed by atoms with van der Waals surface area (Å²) in [4.78, 5) is 13.6. The largest absolute Gasteiger partial charge is 0.350 e. The third-order valence-corrected chi connectivity index (χ3v) is 5.60. The van der Waals surface area contributed by atoms with E-state index in [4.69, 9.17) is 0 Å². The van der Waals surface area contributed by atoms with Gasteiger partial charge in [0.25, 0.3) is 5.91 Å². The first kappa shape index (κ1) is 16.2. The first-order valence-electron chi connectivity index (χ1n) is 8.14. The minimum absolute atomic E-state index is 0.0698. The Bertz CT molecular complexity index is 641. The summed E-state index contributed by atoms with van der Waals surface area (Å²) in [7, 11) is 0. The van der Waals surface area contributed by atoms with Crippen molar-refractivity contribution < 1.29 is 4.79 Å². The van der Waals surface area contributed by atoms with Crippen LogP contribution in [0.3, 0.4) is 0 Å². The molecule has 5 nitrogen and oxygen atoms in total. The van der Waals surface area contributed by atoms with Crippen molar-refractivity contribution in [1.29, 1.82) is 0 Å². The number of aromatic nitrogens is 2. The van der Waals surface area contributed by atoms with Crippen molar-refractivity contribution in [1.82, 2.24) is 20.4 Å². The highest BCUT2D eigenvalue weighted by atomic mass is 32.1. The van der Waals surface area contributed by atoms with Gasteiger partial charge in [-0.1, -0.05) is 19.9 Å². The molecule has 3 rings (SSSR count). The highest BCUT2D eigenvalue weighted by Gasteiger charge is 2.23. The van der Waals surface area contributed by atoms with Crippen molar-refractivity contribution >= 4 is 17.2 Å². The SMILES string of the molecule is CC(C)(CNC(=O)c1ccn(C2CCCNC2)n1)c1cccs1. The van der Waals surface area contributed by atoms with Gasteiger partial charge >= 0.3 is 0 Å². The average Bonchev–Trinajstić information content (AvgIpc) is 3.25. The molecule has 1 unspecified atom stereocenters. The van der Waals surface area contributed by atoms with Gasteiger partial charge < -0.3 is 10.6 Å². The van der Waals surface area contributed by atoms with Crippen LogP contribution in [0.2, 0.25) is 0 Å². The summed E-state index contributed by atoms with van der Waals surface area (Å²) in [5, 5.41) is 12.9. The topological polar surface area (TPSA) is 59.0 Å². The van der Waals surface area contributed by atoms with E-state index in [0.717, 1.165) is 25.9 Å². The molecule has 2 aromatic rings. The first-order chi connectivity index (χ1) is 11.1. The monoisotopic (exact) mass is 332 g/mol. The molecule has 1 aliphatic rings. The van der Waals surface area contributed by atoms with Gasteiger partial charge in [0.15, 0.2) is 0 Å². The van der Waals surface area contributed by atoms with Gasteiger partial charge in [-0.25, -0.2) is 0 Å². The molecular weight excluding hydrogens is 308 g/mol. The number of nitrogens with one attached hydrogen (secondary N) is 2. The van der Waals surface area contributed by atoms with E-state index >= 15 is 0 Å². The molecule has 1 fully saturated rings. The van der Waals surface area contributed by atoms with Gasteiger partial charge in [-0.2, -0.15) is 5.10 Å². The fourth-order valence-corrected chi connectivity index (χ4v) is 3.72. The number of nitrogens with zero attached hydrogens (tertiary/aromatic N) is 2. The van der Waals surface area contributed by atoms with Gasteiger partial charge in [-0.3, -0.25) is 9.48 Å². The van der Waals surface area contributed by atoms with E-state index in [1.54, 1.807) is 11.3 Å². The summed E-state index contributed by atoms with van der Waals surface area (Å²) in [6.45, 7) is 6.89. The molecule has 23 heavy (non-hydrogen) atoms. The summed E-state index contributed by atoms with van der Waals surface area (Å²) >= 11 is 1.72. The summed E-state index contributed by atoms with van der Waals surface area (Å²) in [6, 6.07) is 6.32. The molecule has 2 aromatic heterocycles. The summed E-state index contributed by atoms with van der Waals surface area (Å²) in [5.74, 6) is -0.0999. The van der Waals surface area contributed by atoms with E-state index in [-0.39, 0.29) is 11.3 Å². The molecule has 0 saturated carbocycles. The Kier molecular flexibility index (Phi) is 4.82. The van der Waals surface area contributed by atoms with Crippen LogP contribution in [0.1, 0.15) is 48.1 Å². The van der Waals surface area contributed by atoms with Crippen molar-refractivity contribution in [2.75, 3.05) is 19.6 Å². The van der Waals surface area contributed by atoms with Gasteiger partial charge in [0.1, 0.15) is 5.69 Å². The predicted molar refractivity (Wildman–Crippen MR) is 93.0 cm³/mol. The number of carbonyl (C=O) groups is 1. The molecule has 0 aliphatic carbocycles. The molecule has 6 heteroatoms. The Morgan fingerprint density at radius 1 is 1.52 bits per heavy atom. The average molecular weight is 332 g/mol. The van der Waals surface area contributed by atoms with Crippen molar-refractivity contribution in [3.63, 3.8) is 0 Å². The maximum Gasteiger partial charge on any atom is 0.271 e. The van der Waals surface area contributed by atoms with E-state index in [1.165, 1.54) is 4.88 Å². The maximum atomic E-state index is 12.4. The Morgan fingerprint density at radius 2 is 2.39 bits per heavy atom. The fourth-order valence-electron chi connectivity index (χ4n) is 2.86. The molecule has 1 aliphatic heterocycles. The molecule has 1 saturated heterocycles.